The summed E-state index contributed by atoms with van der Waals surface area (Å²) in [7, 11) is 0. The van der Waals surface area contributed by atoms with Crippen LogP contribution in [0.15, 0.2) is 35.5 Å². The highest BCUT2D eigenvalue weighted by molar-refractivity contribution is 5.83. The fraction of sp³-hybridized carbons (Fsp3) is 0.400. The van der Waals surface area contributed by atoms with E-state index in [9.17, 15) is 0 Å². The molecular formula is C15H22N2. The maximum atomic E-state index is 5.69. The van der Waals surface area contributed by atoms with E-state index in [1.807, 2.05) is 13.8 Å². The molecule has 1 unspecified atom stereocenters. The number of nitrogens with two attached hydrogens (primary N) is 1. The highest BCUT2D eigenvalue weighted by Crippen LogP contribution is 2.32. The van der Waals surface area contributed by atoms with Gasteiger partial charge in [0.1, 0.15) is 0 Å². The molecule has 1 aromatic carbocycles. The molecule has 0 aliphatic rings. The van der Waals surface area contributed by atoms with Crippen molar-refractivity contribution in [2.75, 3.05) is 0 Å². The van der Waals surface area contributed by atoms with Gasteiger partial charge in [-0.05, 0) is 44.2 Å². The largest absolute Gasteiger partial charge is 0.402 e. The quantitative estimate of drug-likeness (QED) is 0.778. The minimum Gasteiger partial charge on any atom is -0.402 e. The van der Waals surface area contributed by atoms with Gasteiger partial charge >= 0.3 is 0 Å². The standard InChI is InChI=1S/C15H22N2/c1-10(2)17-15-11(3)7-6-8-14(15)12(4)9-13(5)16/h6-8,12H,5,9,16H2,1-4H3. The molecule has 0 fully saturated rings. The van der Waals surface area contributed by atoms with Crippen molar-refractivity contribution in [3.63, 3.8) is 0 Å². The maximum Gasteiger partial charge on any atom is 0.0692 e. The Morgan fingerprint density at radius 2 is 2.06 bits per heavy atom. The third-order valence-corrected chi connectivity index (χ3v) is 2.70. The number of hydrogen-bond acceptors (Lipinski definition) is 2. The minimum absolute atomic E-state index is 0.352. The Bertz CT molecular complexity index is 440. The second kappa shape index (κ2) is 5.67. The van der Waals surface area contributed by atoms with Crippen LogP contribution < -0.4 is 5.73 Å². The van der Waals surface area contributed by atoms with Gasteiger partial charge in [0.15, 0.2) is 0 Å². The lowest BCUT2D eigenvalue weighted by molar-refractivity contribution is 0.747. The van der Waals surface area contributed by atoms with E-state index in [2.05, 4.69) is 43.6 Å². The molecule has 0 radical (unpaired) electrons. The van der Waals surface area contributed by atoms with Gasteiger partial charge in [-0.1, -0.05) is 31.7 Å². The van der Waals surface area contributed by atoms with E-state index in [-0.39, 0.29) is 0 Å². The average molecular weight is 230 g/mol. The Kier molecular flexibility index (Phi) is 4.50. The molecule has 2 nitrogen and oxygen atoms in total. The summed E-state index contributed by atoms with van der Waals surface area (Å²) in [6.45, 7) is 12.1. The van der Waals surface area contributed by atoms with Crippen LogP contribution in [-0.2, 0) is 0 Å². The number of aryl methyl sites for hydroxylation is 1. The van der Waals surface area contributed by atoms with E-state index in [0.717, 1.165) is 23.5 Å². The zero-order valence-electron chi connectivity index (χ0n) is 11.2. The number of nitrogens with zero attached hydrogens (tertiary/aromatic N) is 1. The first-order chi connectivity index (χ1) is 7.91. The Labute approximate surface area is 104 Å². The van der Waals surface area contributed by atoms with Gasteiger partial charge in [0.25, 0.3) is 0 Å². The van der Waals surface area contributed by atoms with Crippen molar-refractivity contribution in [3.05, 3.63) is 41.6 Å². The lowest BCUT2D eigenvalue weighted by Crippen LogP contribution is -2.02. The fourth-order valence-corrected chi connectivity index (χ4v) is 1.96. The second-order valence-electron chi connectivity index (χ2n) is 4.84. The molecule has 2 heteroatoms. The third-order valence-electron chi connectivity index (χ3n) is 2.70. The number of rotatable bonds is 4. The summed E-state index contributed by atoms with van der Waals surface area (Å²) >= 11 is 0. The predicted octanol–water partition coefficient (Wildman–Crippen LogP) is 4.07. The number of para-hydroxylation sites is 1. The van der Waals surface area contributed by atoms with E-state index in [4.69, 9.17) is 5.73 Å². The van der Waals surface area contributed by atoms with Crippen LogP contribution in [0.1, 0.15) is 44.2 Å². The summed E-state index contributed by atoms with van der Waals surface area (Å²) in [6, 6.07) is 6.29. The van der Waals surface area contributed by atoms with E-state index in [1.54, 1.807) is 0 Å². The summed E-state index contributed by atoms with van der Waals surface area (Å²) in [5.41, 5.74) is 11.0. The van der Waals surface area contributed by atoms with Gasteiger partial charge in [0.05, 0.1) is 5.69 Å². The topological polar surface area (TPSA) is 38.4 Å². The van der Waals surface area contributed by atoms with Crippen LogP contribution in [0.5, 0.6) is 0 Å². The Morgan fingerprint density at radius 3 is 2.59 bits per heavy atom. The molecule has 1 atom stereocenters. The van der Waals surface area contributed by atoms with Crippen molar-refractivity contribution < 1.29 is 0 Å². The van der Waals surface area contributed by atoms with Crippen molar-refractivity contribution in [1.82, 2.24) is 0 Å². The summed E-state index contributed by atoms with van der Waals surface area (Å²) in [6.07, 6.45) is 0.800. The van der Waals surface area contributed by atoms with Gasteiger partial charge < -0.3 is 5.73 Å². The molecule has 2 N–H and O–H groups in total. The van der Waals surface area contributed by atoms with E-state index in [0.29, 0.717) is 5.92 Å². The van der Waals surface area contributed by atoms with Gasteiger partial charge in [-0.15, -0.1) is 0 Å². The summed E-state index contributed by atoms with van der Waals surface area (Å²) < 4.78 is 0. The SMILES string of the molecule is C=C(N)CC(C)c1cccc(C)c1N=C(C)C. The summed E-state index contributed by atoms with van der Waals surface area (Å²) in [5.74, 6) is 0.352. The molecule has 92 valence electrons. The summed E-state index contributed by atoms with van der Waals surface area (Å²) in [4.78, 5) is 4.63. The van der Waals surface area contributed by atoms with Gasteiger partial charge in [-0.3, -0.25) is 4.99 Å². The predicted molar refractivity (Wildman–Crippen MR) is 76.0 cm³/mol. The number of hydrogen-bond donors (Lipinski definition) is 1. The molecule has 0 saturated carbocycles. The average Bonchev–Trinajstić information content (AvgIpc) is 2.19. The lowest BCUT2D eigenvalue weighted by Gasteiger charge is -2.16. The molecular weight excluding hydrogens is 208 g/mol. The molecule has 0 saturated heterocycles. The van der Waals surface area contributed by atoms with Crippen LogP contribution in [-0.4, -0.2) is 5.71 Å². The Morgan fingerprint density at radius 1 is 1.41 bits per heavy atom. The fourth-order valence-electron chi connectivity index (χ4n) is 1.96. The maximum absolute atomic E-state index is 5.69. The molecule has 1 rings (SSSR count). The number of aliphatic imine (C=N–C) groups is 1. The highest BCUT2D eigenvalue weighted by Gasteiger charge is 2.12. The van der Waals surface area contributed by atoms with E-state index in [1.165, 1.54) is 11.1 Å². The Hall–Kier alpha value is -1.57. The van der Waals surface area contributed by atoms with Crippen molar-refractivity contribution in [3.8, 4) is 0 Å². The lowest BCUT2D eigenvalue weighted by atomic mass is 9.93. The van der Waals surface area contributed by atoms with Crippen LogP contribution >= 0.6 is 0 Å². The van der Waals surface area contributed by atoms with Crippen LogP contribution in [0.2, 0.25) is 0 Å². The molecule has 0 aliphatic heterocycles. The first-order valence-electron chi connectivity index (χ1n) is 5.96. The molecule has 0 aromatic heterocycles. The molecule has 0 bridgehead atoms. The highest BCUT2D eigenvalue weighted by atomic mass is 14.7. The monoisotopic (exact) mass is 230 g/mol. The summed E-state index contributed by atoms with van der Waals surface area (Å²) in [5, 5.41) is 0. The van der Waals surface area contributed by atoms with Crippen LogP contribution in [0.25, 0.3) is 0 Å². The van der Waals surface area contributed by atoms with Crippen molar-refractivity contribution in [2.24, 2.45) is 10.7 Å². The zero-order chi connectivity index (χ0) is 13.0. The first kappa shape index (κ1) is 13.5. The molecule has 17 heavy (non-hydrogen) atoms. The van der Waals surface area contributed by atoms with Crippen LogP contribution in [0.3, 0.4) is 0 Å². The van der Waals surface area contributed by atoms with Crippen molar-refractivity contribution in [1.29, 1.82) is 0 Å². The van der Waals surface area contributed by atoms with E-state index >= 15 is 0 Å². The van der Waals surface area contributed by atoms with Crippen LogP contribution in [0, 0.1) is 6.92 Å². The molecule has 1 aromatic rings. The normalized spacial score (nSPS) is 12.0. The number of benzene rings is 1. The van der Waals surface area contributed by atoms with Crippen LogP contribution in [0.4, 0.5) is 5.69 Å². The molecule has 0 spiro atoms. The van der Waals surface area contributed by atoms with E-state index < -0.39 is 0 Å². The van der Waals surface area contributed by atoms with Gasteiger partial charge in [-0.25, -0.2) is 0 Å². The minimum atomic E-state index is 0.352. The first-order valence-corrected chi connectivity index (χ1v) is 5.96. The van der Waals surface area contributed by atoms with Gasteiger partial charge in [0, 0.05) is 11.4 Å². The second-order valence-corrected chi connectivity index (χ2v) is 4.84. The third kappa shape index (κ3) is 3.74. The van der Waals surface area contributed by atoms with Crippen molar-refractivity contribution in [2.45, 2.75) is 40.0 Å². The van der Waals surface area contributed by atoms with Gasteiger partial charge in [0.2, 0.25) is 0 Å². The number of allylic oxidation sites excluding steroid dienone is 1. The van der Waals surface area contributed by atoms with Gasteiger partial charge in [-0.2, -0.15) is 0 Å². The Balaban J connectivity index is 3.19. The zero-order valence-corrected chi connectivity index (χ0v) is 11.2. The molecule has 0 heterocycles. The molecule has 0 aliphatic carbocycles. The molecule has 0 amide bonds. The van der Waals surface area contributed by atoms with Crippen molar-refractivity contribution >= 4 is 11.4 Å². The smallest absolute Gasteiger partial charge is 0.0692 e.